The number of pyridine rings is 3. The van der Waals surface area contributed by atoms with Gasteiger partial charge in [0.05, 0.1) is 43.8 Å². The lowest BCUT2D eigenvalue weighted by Gasteiger charge is -2.14. The number of hydrogen-bond donors (Lipinski definition) is 0. The van der Waals surface area contributed by atoms with E-state index < -0.39 is 0 Å². The number of thiophene rings is 1. The highest BCUT2D eigenvalue weighted by Crippen LogP contribution is 2.49. The molecule has 3 aromatic carbocycles. The Morgan fingerprint density at radius 1 is 0.769 bits per heavy atom. The van der Waals surface area contributed by atoms with E-state index >= 15 is 0 Å². The normalized spacial score (nSPS) is 12.2. The Labute approximate surface area is 227 Å². The first-order valence-corrected chi connectivity index (χ1v) is 13.6. The van der Waals surface area contributed by atoms with Crippen LogP contribution in [0, 0.1) is 0 Å². The van der Waals surface area contributed by atoms with Crippen molar-refractivity contribution in [3.63, 3.8) is 0 Å². The van der Waals surface area contributed by atoms with Crippen LogP contribution in [0.5, 0.6) is 0 Å². The molecule has 8 aromatic rings. The van der Waals surface area contributed by atoms with Crippen LogP contribution in [0.4, 0.5) is 5.69 Å². The standard InChI is InChI=1S/C33H21N5S/c1-3-8-24-31(34-2)26-22-11-7-17-36-30(22)33-27(21-10-4-5-12-25(21)39-33)32(26)38(24)23-15-18-37-29-20(23)14-13-19-9-6-16-35-28(19)29/h3-18H,2H2,1H3/b8-3-. The molecule has 0 aliphatic rings. The van der Waals surface area contributed by atoms with Gasteiger partial charge in [0.1, 0.15) is 0 Å². The van der Waals surface area contributed by atoms with E-state index in [1.54, 1.807) is 11.3 Å². The molecule has 5 aromatic heterocycles. The zero-order chi connectivity index (χ0) is 26.1. The minimum Gasteiger partial charge on any atom is -0.306 e. The van der Waals surface area contributed by atoms with Crippen molar-refractivity contribution in [2.45, 2.75) is 6.92 Å². The maximum absolute atomic E-state index is 4.87. The molecular formula is C33H21N5S. The first-order valence-electron chi connectivity index (χ1n) is 12.8. The molecule has 0 spiro atoms. The maximum Gasteiger partial charge on any atom is 0.0985 e. The van der Waals surface area contributed by atoms with E-state index in [0.717, 1.165) is 60.7 Å². The summed E-state index contributed by atoms with van der Waals surface area (Å²) in [4.78, 5) is 19.0. The zero-order valence-electron chi connectivity index (χ0n) is 21.1. The second kappa shape index (κ2) is 8.28. The Morgan fingerprint density at radius 2 is 1.56 bits per heavy atom. The predicted molar refractivity (Wildman–Crippen MR) is 166 cm³/mol. The fourth-order valence-electron chi connectivity index (χ4n) is 5.96. The van der Waals surface area contributed by atoms with Gasteiger partial charge in [-0.3, -0.25) is 19.9 Å². The molecule has 0 atom stereocenters. The molecule has 0 saturated carbocycles. The maximum atomic E-state index is 4.87. The first kappa shape index (κ1) is 22.1. The monoisotopic (exact) mass is 519 g/mol. The molecular weight excluding hydrogens is 498 g/mol. The molecule has 8 rings (SSSR count). The highest BCUT2D eigenvalue weighted by Gasteiger charge is 2.25. The van der Waals surface area contributed by atoms with Crippen LogP contribution in [-0.4, -0.2) is 26.2 Å². The van der Waals surface area contributed by atoms with E-state index in [0.29, 0.717) is 0 Å². The van der Waals surface area contributed by atoms with Crippen molar-refractivity contribution in [2.75, 3.05) is 0 Å². The number of aromatic nitrogens is 4. The van der Waals surface area contributed by atoms with Gasteiger partial charge >= 0.3 is 0 Å². The highest BCUT2D eigenvalue weighted by atomic mass is 32.1. The average Bonchev–Trinajstić information content (AvgIpc) is 3.53. The molecule has 0 aliphatic carbocycles. The Kier molecular flexibility index (Phi) is 4.69. The van der Waals surface area contributed by atoms with Crippen LogP contribution in [0.25, 0.3) is 75.5 Å². The number of fused-ring (bicyclic) bond motifs is 11. The van der Waals surface area contributed by atoms with Crippen molar-refractivity contribution in [2.24, 2.45) is 4.99 Å². The molecule has 0 saturated heterocycles. The third-order valence-electron chi connectivity index (χ3n) is 7.49. The second-order valence-corrected chi connectivity index (χ2v) is 10.6. The third kappa shape index (κ3) is 2.95. The summed E-state index contributed by atoms with van der Waals surface area (Å²) >= 11 is 1.79. The van der Waals surface area contributed by atoms with E-state index in [2.05, 4.69) is 88.0 Å². The number of allylic oxidation sites excluding steroid dienone is 1. The van der Waals surface area contributed by atoms with Crippen molar-refractivity contribution < 1.29 is 0 Å². The molecule has 0 amide bonds. The van der Waals surface area contributed by atoms with Crippen molar-refractivity contribution in [1.82, 2.24) is 19.5 Å². The second-order valence-electron chi connectivity index (χ2n) is 9.52. The van der Waals surface area contributed by atoms with E-state index in [9.17, 15) is 0 Å². The Morgan fingerprint density at radius 3 is 2.44 bits per heavy atom. The van der Waals surface area contributed by atoms with Gasteiger partial charge in [0.2, 0.25) is 0 Å². The zero-order valence-corrected chi connectivity index (χ0v) is 21.9. The molecule has 39 heavy (non-hydrogen) atoms. The van der Waals surface area contributed by atoms with Crippen LogP contribution in [0.15, 0.2) is 96.4 Å². The predicted octanol–water partition coefficient (Wildman–Crippen LogP) is 9.01. The van der Waals surface area contributed by atoms with Crippen LogP contribution in [0.3, 0.4) is 0 Å². The number of hydrogen-bond acceptors (Lipinski definition) is 5. The largest absolute Gasteiger partial charge is 0.306 e. The Hall–Kier alpha value is -4.94. The molecule has 0 unspecified atom stereocenters. The van der Waals surface area contributed by atoms with Gasteiger partial charge in [0.25, 0.3) is 0 Å². The smallest absolute Gasteiger partial charge is 0.0985 e. The number of nitrogens with zero attached hydrogens (tertiary/aromatic N) is 5. The Balaban J connectivity index is 1.69. The summed E-state index contributed by atoms with van der Waals surface area (Å²) in [5, 5.41) is 6.62. The molecule has 0 radical (unpaired) electrons. The number of aliphatic imine (C=N–C) groups is 1. The van der Waals surface area contributed by atoms with Crippen molar-refractivity contribution in [3.8, 4) is 5.69 Å². The quantitative estimate of drug-likeness (QED) is 0.173. The summed E-state index contributed by atoms with van der Waals surface area (Å²) in [5.41, 5.74) is 6.72. The van der Waals surface area contributed by atoms with Crippen LogP contribution < -0.4 is 0 Å². The fourth-order valence-corrected chi connectivity index (χ4v) is 7.18. The lowest BCUT2D eigenvalue weighted by molar-refractivity contribution is 1.12. The third-order valence-corrected chi connectivity index (χ3v) is 8.67. The van der Waals surface area contributed by atoms with E-state index in [1.807, 2.05) is 37.6 Å². The van der Waals surface area contributed by atoms with Gasteiger partial charge in [-0.25, -0.2) is 0 Å². The van der Waals surface area contributed by atoms with E-state index in [-0.39, 0.29) is 0 Å². The summed E-state index contributed by atoms with van der Waals surface area (Å²) in [6.07, 6.45) is 9.76. The Bertz CT molecular complexity index is 2320. The van der Waals surface area contributed by atoms with E-state index in [4.69, 9.17) is 9.97 Å². The fraction of sp³-hybridized carbons (Fsp3) is 0.0303. The van der Waals surface area contributed by atoms with Gasteiger partial charge in [0, 0.05) is 55.6 Å². The van der Waals surface area contributed by atoms with Crippen LogP contribution in [-0.2, 0) is 0 Å². The number of benzene rings is 3. The van der Waals surface area contributed by atoms with Crippen molar-refractivity contribution in [1.29, 1.82) is 0 Å². The molecule has 5 nitrogen and oxygen atoms in total. The molecule has 0 N–H and O–H groups in total. The molecule has 0 aliphatic heterocycles. The lowest BCUT2D eigenvalue weighted by Crippen LogP contribution is -2.00. The van der Waals surface area contributed by atoms with Gasteiger partial charge in [-0.2, -0.15) is 0 Å². The lowest BCUT2D eigenvalue weighted by atomic mass is 10.0. The summed E-state index contributed by atoms with van der Waals surface area (Å²) in [6.45, 7) is 6.07. The van der Waals surface area contributed by atoms with Gasteiger partial charge in [-0.15, -0.1) is 11.3 Å². The summed E-state index contributed by atoms with van der Waals surface area (Å²) in [6, 6.07) is 23.1. The van der Waals surface area contributed by atoms with Gasteiger partial charge in [-0.05, 0) is 50.0 Å². The minimum atomic E-state index is 0.849. The molecule has 0 fully saturated rings. The molecule has 0 bridgehead atoms. The molecule has 184 valence electrons. The summed E-state index contributed by atoms with van der Waals surface area (Å²) < 4.78 is 4.74. The molecule has 6 heteroatoms. The van der Waals surface area contributed by atoms with Crippen LogP contribution in [0.2, 0.25) is 0 Å². The summed E-state index contributed by atoms with van der Waals surface area (Å²) in [7, 11) is 0. The van der Waals surface area contributed by atoms with Gasteiger partial charge in [-0.1, -0.05) is 42.5 Å². The summed E-state index contributed by atoms with van der Waals surface area (Å²) in [5.74, 6) is 0. The van der Waals surface area contributed by atoms with Gasteiger partial charge in [0.15, 0.2) is 0 Å². The topological polar surface area (TPSA) is 56.0 Å². The SMILES string of the molecule is C=Nc1c(/C=C\C)n(-c2ccnc3c2ccc2cccnc23)c2c1c1cccnc1c1sc3ccccc3c12. The number of rotatable bonds is 3. The van der Waals surface area contributed by atoms with Gasteiger partial charge < -0.3 is 4.57 Å². The van der Waals surface area contributed by atoms with Crippen molar-refractivity contribution in [3.05, 3.63) is 97.1 Å². The average molecular weight is 520 g/mol. The van der Waals surface area contributed by atoms with Crippen LogP contribution in [0.1, 0.15) is 12.6 Å². The van der Waals surface area contributed by atoms with E-state index in [1.165, 1.54) is 20.2 Å². The van der Waals surface area contributed by atoms with Crippen molar-refractivity contribution >= 4 is 93.6 Å². The highest BCUT2D eigenvalue weighted by molar-refractivity contribution is 7.26. The minimum absolute atomic E-state index is 0.849. The molecule has 5 heterocycles. The first-order chi connectivity index (χ1) is 19.3. The van der Waals surface area contributed by atoms with Crippen LogP contribution >= 0.6 is 11.3 Å².